The lowest BCUT2D eigenvalue weighted by Crippen LogP contribution is -2.28. The molecule has 1 aliphatic rings. The van der Waals surface area contributed by atoms with Gasteiger partial charge >= 0.3 is 6.36 Å². The third-order valence-electron chi connectivity index (χ3n) is 4.78. The van der Waals surface area contributed by atoms with Crippen molar-refractivity contribution in [2.45, 2.75) is 45.0 Å². The second kappa shape index (κ2) is 8.64. The molecule has 0 aliphatic carbocycles. The number of aromatic nitrogens is 2. The molecular formula is C19H23F3N4O2. The van der Waals surface area contributed by atoms with E-state index in [1.807, 2.05) is 0 Å². The predicted molar refractivity (Wildman–Crippen MR) is 98.8 cm³/mol. The number of H-pyrrole nitrogens is 1. The maximum absolute atomic E-state index is 12.2. The molecule has 6 nitrogen and oxygen atoms in total. The molecule has 3 rings (SSSR count). The van der Waals surface area contributed by atoms with E-state index in [0.29, 0.717) is 29.5 Å². The van der Waals surface area contributed by atoms with E-state index < -0.39 is 6.36 Å². The second-order valence-electron chi connectivity index (χ2n) is 6.92. The van der Waals surface area contributed by atoms with Crippen molar-refractivity contribution in [3.05, 3.63) is 30.3 Å². The number of likely N-dealkylation sites (tertiary alicyclic amines) is 1. The number of ether oxygens (including phenoxy) is 1. The van der Waals surface area contributed by atoms with Crippen molar-refractivity contribution in [1.82, 2.24) is 15.1 Å². The molecule has 2 aromatic rings. The zero-order chi connectivity index (χ0) is 20.1. The smallest absolute Gasteiger partial charge is 0.406 e. The molecule has 1 aliphatic heterocycles. The van der Waals surface area contributed by atoms with Crippen LogP contribution >= 0.6 is 0 Å². The summed E-state index contributed by atoms with van der Waals surface area (Å²) in [7, 11) is 0. The van der Waals surface area contributed by atoms with Gasteiger partial charge in [0.1, 0.15) is 11.6 Å². The summed E-state index contributed by atoms with van der Waals surface area (Å²) in [6, 6.07) is 7.61. The molecule has 1 aromatic carbocycles. The Morgan fingerprint density at radius 2 is 2.11 bits per heavy atom. The standard InChI is InChI=1S/C19H23F3N4O2/c1-13-4-2-10-26(13)11-3-5-18(27)23-17-12-16(24-25-17)14-6-8-15(9-7-14)28-19(20,21)22/h6-9,12-13H,2-5,10-11H2,1H3,(H2,23,24,25,27). The van der Waals surface area contributed by atoms with Gasteiger partial charge in [0.25, 0.3) is 0 Å². The fraction of sp³-hybridized carbons (Fsp3) is 0.474. The first-order valence-electron chi connectivity index (χ1n) is 9.26. The molecule has 9 heteroatoms. The number of aromatic amines is 1. The highest BCUT2D eigenvalue weighted by Gasteiger charge is 2.31. The van der Waals surface area contributed by atoms with Crippen LogP contribution in [0.15, 0.2) is 30.3 Å². The molecule has 1 aromatic heterocycles. The summed E-state index contributed by atoms with van der Waals surface area (Å²) in [4.78, 5) is 14.5. The summed E-state index contributed by atoms with van der Waals surface area (Å²) in [5.41, 5.74) is 1.12. The van der Waals surface area contributed by atoms with E-state index in [1.54, 1.807) is 6.07 Å². The van der Waals surface area contributed by atoms with Gasteiger partial charge in [-0.3, -0.25) is 9.89 Å². The highest BCUT2D eigenvalue weighted by Crippen LogP contribution is 2.26. The largest absolute Gasteiger partial charge is 0.573 e. The molecule has 0 spiro atoms. The van der Waals surface area contributed by atoms with Crippen molar-refractivity contribution < 1.29 is 22.7 Å². The first kappa shape index (κ1) is 20.2. The Labute approximate surface area is 161 Å². The van der Waals surface area contributed by atoms with Crippen molar-refractivity contribution in [2.24, 2.45) is 0 Å². The van der Waals surface area contributed by atoms with Crippen molar-refractivity contribution in [3.8, 4) is 17.0 Å². The first-order chi connectivity index (χ1) is 13.3. The van der Waals surface area contributed by atoms with Crippen LogP contribution < -0.4 is 10.1 Å². The van der Waals surface area contributed by atoms with Gasteiger partial charge < -0.3 is 15.0 Å². The van der Waals surface area contributed by atoms with Gasteiger partial charge in [-0.2, -0.15) is 5.10 Å². The summed E-state index contributed by atoms with van der Waals surface area (Å²) < 4.78 is 40.5. The van der Waals surface area contributed by atoms with Crippen LogP contribution in [0, 0.1) is 0 Å². The predicted octanol–water partition coefficient (Wildman–Crippen LogP) is 4.18. The van der Waals surface area contributed by atoms with Crippen molar-refractivity contribution in [1.29, 1.82) is 0 Å². The van der Waals surface area contributed by atoms with Crippen LogP contribution in [-0.2, 0) is 4.79 Å². The van der Waals surface area contributed by atoms with Crippen molar-refractivity contribution in [3.63, 3.8) is 0 Å². The highest BCUT2D eigenvalue weighted by molar-refractivity contribution is 5.90. The maximum atomic E-state index is 12.2. The van der Waals surface area contributed by atoms with Gasteiger partial charge in [-0.05, 0) is 63.5 Å². The number of amides is 1. The molecule has 0 radical (unpaired) electrons. The molecule has 0 bridgehead atoms. The van der Waals surface area contributed by atoms with Crippen LogP contribution in [-0.4, -0.2) is 46.5 Å². The van der Waals surface area contributed by atoms with Crippen LogP contribution in [0.25, 0.3) is 11.3 Å². The Hall–Kier alpha value is -2.55. The molecule has 0 saturated carbocycles. The lowest BCUT2D eigenvalue weighted by molar-refractivity contribution is -0.274. The fourth-order valence-electron chi connectivity index (χ4n) is 3.34. The number of carbonyl (C=O) groups excluding carboxylic acids is 1. The van der Waals surface area contributed by atoms with E-state index >= 15 is 0 Å². The van der Waals surface area contributed by atoms with Gasteiger partial charge in [0.2, 0.25) is 5.91 Å². The minimum atomic E-state index is -4.72. The second-order valence-corrected chi connectivity index (χ2v) is 6.92. The average Bonchev–Trinajstić information content (AvgIpc) is 3.24. The minimum absolute atomic E-state index is 0.101. The Kier molecular flexibility index (Phi) is 6.23. The third-order valence-corrected chi connectivity index (χ3v) is 4.78. The van der Waals surface area contributed by atoms with Crippen LogP contribution in [0.1, 0.15) is 32.6 Å². The van der Waals surface area contributed by atoms with E-state index in [4.69, 9.17) is 0 Å². The number of nitrogens with zero attached hydrogens (tertiary/aromatic N) is 2. The summed E-state index contributed by atoms with van der Waals surface area (Å²) in [5, 5.41) is 9.57. The number of alkyl halides is 3. The van der Waals surface area contributed by atoms with Gasteiger partial charge in [-0.1, -0.05) is 0 Å². The Bertz CT molecular complexity index is 789. The molecule has 152 valence electrons. The summed E-state index contributed by atoms with van der Waals surface area (Å²) in [5.74, 6) is 0.0498. The monoisotopic (exact) mass is 396 g/mol. The molecule has 1 amide bonds. The molecule has 1 unspecified atom stereocenters. The SMILES string of the molecule is CC1CCCN1CCCC(=O)Nc1cc(-c2ccc(OC(F)(F)F)cc2)n[nH]1. The van der Waals surface area contributed by atoms with Gasteiger partial charge in [0.05, 0.1) is 5.69 Å². The van der Waals surface area contributed by atoms with Crippen LogP contribution in [0.2, 0.25) is 0 Å². The van der Waals surface area contributed by atoms with Crippen LogP contribution in [0.5, 0.6) is 5.75 Å². The van der Waals surface area contributed by atoms with E-state index in [1.165, 1.54) is 37.1 Å². The van der Waals surface area contributed by atoms with Crippen LogP contribution in [0.3, 0.4) is 0 Å². The number of hydrogen-bond acceptors (Lipinski definition) is 4. The normalized spacial score (nSPS) is 17.6. The third kappa shape index (κ3) is 5.72. The van der Waals surface area contributed by atoms with E-state index in [-0.39, 0.29) is 11.7 Å². The summed E-state index contributed by atoms with van der Waals surface area (Å²) in [6.07, 6.45) is -1.09. The maximum Gasteiger partial charge on any atom is 0.573 e. The fourth-order valence-corrected chi connectivity index (χ4v) is 3.34. The minimum Gasteiger partial charge on any atom is -0.406 e. The summed E-state index contributed by atoms with van der Waals surface area (Å²) in [6.45, 7) is 4.22. The number of carbonyl (C=O) groups is 1. The molecule has 1 atom stereocenters. The van der Waals surface area contributed by atoms with E-state index in [2.05, 4.69) is 32.1 Å². The molecular weight excluding hydrogens is 373 g/mol. The topological polar surface area (TPSA) is 70.2 Å². The number of hydrogen-bond donors (Lipinski definition) is 2. The number of nitrogens with one attached hydrogen (secondary N) is 2. The van der Waals surface area contributed by atoms with Gasteiger partial charge in [0.15, 0.2) is 0 Å². The summed E-state index contributed by atoms with van der Waals surface area (Å²) >= 11 is 0. The van der Waals surface area contributed by atoms with Crippen molar-refractivity contribution >= 4 is 11.7 Å². The van der Waals surface area contributed by atoms with Gasteiger partial charge in [-0.15, -0.1) is 13.2 Å². The number of anilines is 1. The van der Waals surface area contributed by atoms with Crippen molar-refractivity contribution in [2.75, 3.05) is 18.4 Å². The van der Waals surface area contributed by atoms with Gasteiger partial charge in [-0.25, -0.2) is 0 Å². The lowest BCUT2D eigenvalue weighted by atomic mass is 10.1. The zero-order valence-corrected chi connectivity index (χ0v) is 15.6. The molecule has 1 fully saturated rings. The zero-order valence-electron chi connectivity index (χ0n) is 15.6. The lowest BCUT2D eigenvalue weighted by Gasteiger charge is -2.20. The van der Waals surface area contributed by atoms with Crippen LogP contribution in [0.4, 0.5) is 19.0 Å². The quantitative estimate of drug-likeness (QED) is 0.737. The Morgan fingerprint density at radius 1 is 1.36 bits per heavy atom. The van der Waals surface area contributed by atoms with E-state index in [0.717, 1.165) is 19.5 Å². The molecule has 1 saturated heterocycles. The highest BCUT2D eigenvalue weighted by atomic mass is 19.4. The number of halogens is 3. The molecule has 2 heterocycles. The average molecular weight is 396 g/mol. The first-order valence-corrected chi connectivity index (χ1v) is 9.26. The Balaban J connectivity index is 1.48. The molecule has 2 N–H and O–H groups in total. The van der Waals surface area contributed by atoms with E-state index in [9.17, 15) is 18.0 Å². The number of rotatable bonds is 7. The number of benzene rings is 1. The molecule has 28 heavy (non-hydrogen) atoms. The van der Waals surface area contributed by atoms with Gasteiger partial charge in [0, 0.05) is 24.1 Å². The Morgan fingerprint density at radius 3 is 2.75 bits per heavy atom.